The maximum atomic E-state index is 12.8. The van der Waals surface area contributed by atoms with E-state index in [0.29, 0.717) is 18.1 Å². The van der Waals surface area contributed by atoms with Crippen LogP contribution >= 0.6 is 0 Å². The lowest BCUT2D eigenvalue weighted by molar-refractivity contribution is 0.0938. The molecule has 0 saturated heterocycles. The number of anilines is 1. The van der Waals surface area contributed by atoms with Gasteiger partial charge in [0.25, 0.3) is 11.8 Å². The highest BCUT2D eigenvalue weighted by atomic mass is 16.2. The summed E-state index contributed by atoms with van der Waals surface area (Å²) >= 11 is 0. The van der Waals surface area contributed by atoms with Gasteiger partial charge in [-0.25, -0.2) is 4.98 Å². The molecule has 0 atom stereocenters. The first-order valence-electron chi connectivity index (χ1n) is 9.59. The van der Waals surface area contributed by atoms with Crippen LogP contribution in [0.1, 0.15) is 34.2 Å². The molecule has 4 aromatic rings. The summed E-state index contributed by atoms with van der Waals surface area (Å²) in [7, 11) is 1.61. The molecular formula is C21H21N7O2. The number of fused-ring (bicyclic) bond motifs is 1. The smallest absolute Gasteiger partial charge is 0.275 e. The van der Waals surface area contributed by atoms with Crippen molar-refractivity contribution in [2.75, 3.05) is 11.9 Å². The molecule has 0 aliphatic heterocycles. The first kappa shape index (κ1) is 19.3. The summed E-state index contributed by atoms with van der Waals surface area (Å²) in [5.74, 6) is -0.0148. The Morgan fingerprint density at radius 3 is 2.63 bits per heavy atom. The third kappa shape index (κ3) is 3.77. The molecule has 0 radical (unpaired) electrons. The number of benzene rings is 1. The molecule has 9 heteroatoms. The molecule has 1 aromatic carbocycles. The quantitative estimate of drug-likeness (QED) is 0.515. The maximum absolute atomic E-state index is 12.8. The molecule has 0 saturated carbocycles. The Morgan fingerprint density at radius 2 is 1.87 bits per heavy atom. The van der Waals surface area contributed by atoms with Crippen LogP contribution in [-0.2, 0) is 7.05 Å². The van der Waals surface area contributed by atoms with Crippen LogP contribution in [0, 0.1) is 0 Å². The molecule has 0 aliphatic carbocycles. The predicted octanol–water partition coefficient (Wildman–Crippen LogP) is 2.52. The van der Waals surface area contributed by atoms with E-state index >= 15 is 0 Å². The first-order chi connectivity index (χ1) is 14.6. The van der Waals surface area contributed by atoms with Gasteiger partial charge in [-0.15, -0.1) is 0 Å². The van der Waals surface area contributed by atoms with Crippen LogP contribution in [0.5, 0.6) is 0 Å². The van der Waals surface area contributed by atoms with Crippen LogP contribution < -0.4 is 10.6 Å². The fourth-order valence-electron chi connectivity index (χ4n) is 3.07. The molecule has 0 fully saturated rings. The lowest BCUT2D eigenvalue weighted by Crippen LogP contribution is -2.27. The van der Waals surface area contributed by atoms with E-state index in [-0.39, 0.29) is 17.2 Å². The van der Waals surface area contributed by atoms with Crippen LogP contribution in [0.4, 0.5) is 5.82 Å². The van der Waals surface area contributed by atoms with Crippen LogP contribution in [0.25, 0.3) is 17.0 Å². The molecule has 0 spiro atoms. The summed E-state index contributed by atoms with van der Waals surface area (Å²) in [6.45, 7) is 2.48. The van der Waals surface area contributed by atoms with Gasteiger partial charge in [-0.3, -0.25) is 18.7 Å². The van der Waals surface area contributed by atoms with Crippen molar-refractivity contribution in [3.8, 4) is 11.3 Å². The Hall–Kier alpha value is -4.01. The van der Waals surface area contributed by atoms with Crippen molar-refractivity contribution in [1.82, 2.24) is 29.5 Å². The van der Waals surface area contributed by atoms with Crippen LogP contribution in [-0.4, -0.2) is 42.5 Å². The minimum absolute atomic E-state index is 0.165. The van der Waals surface area contributed by atoms with Crippen molar-refractivity contribution < 1.29 is 9.59 Å². The number of hydrogen-bond acceptors (Lipinski definition) is 5. The minimum atomic E-state index is -0.469. The molecule has 2 N–H and O–H groups in total. The molecule has 4 rings (SSSR count). The molecule has 0 bridgehead atoms. The number of aryl methyl sites for hydroxylation is 1. The molecule has 9 nitrogen and oxygen atoms in total. The van der Waals surface area contributed by atoms with Gasteiger partial charge in [0.2, 0.25) is 5.78 Å². The van der Waals surface area contributed by atoms with Crippen molar-refractivity contribution in [3.63, 3.8) is 0 Å². The fraction of sp³-hybridized carbons (Fsp3) is 0.190. The van der Waals surface area contributed by atoms with Gasteiger partial charge in [-0.1, -0.05) is 37.3 Å². The van der Waals surface area contributed by atoms with Crippen molar-refractivity contribution in [2.24, 2.45) is 7.05 Å². The topological polar surface area (TPSA) is 106 Å². The number of nitrogens with zero attached hydrogens (tertiary/aromatic N) is 5. The van der Waals surface area contributed by atoms with Crippen molar-refractivity contribution in [2.45, 2.75) is 13.3 Å². The van der Waals surface area contributed by atoms with Crippen LogP contribution in [0.15, 0.2) is 55.0 Å². The summed E-state index contributed by atoms with van der Waals surface area (Å²) in [5.41, 5.74) is 2.15. The molecule has 30 heavy (non-hydrogen) atoms. The maximum Gasteiger partial charge on any atom is 0.275 e. The van der Waals surface area contributed by atoms with E-state index in [1.165, 1.54) is 10.9 Å². The number of imidazole rings is 1. The Labute approximate surface area is 172 Å². The van der Waals surface area contributed by atoms with Crippen LogP contribution in [0.3, 0.4) is 0 Å². The molecular weight excluding hydrogens is 382 g/mol. The third-order valence-electron chi connectivity index (χ3n) is 4.57. The average Bonchev–Trinajstić information content (AvgIpc) is 3.36. The number of amides is 2. The van der Waals surface area contributed by atoms with Gasteiger partial charge in [0, 0.05) is 31.5 Å². The average molecular weight is 403 g/mol. The van der Waals surface area contributed by atoms with Gasteiger partial charge < -0.3 is 10.6 Å². The predicted molar refractivity (Wildman–Crippen MR) is 112 cm³/mol. The molecule has 0 aliphatic rings. The largest absolute Gasteiger partial charge is 0.352 e. The van der Waals surface area contributed by atoms with Crippen molar-refractivity contribution in [1.29, 1.82) is 0 Å². The number of carbonyl (C=O) groups excluding carboxylic acids is 2. The monoisotopic (exact) mass is 403 g/mol. The lowest BCUT2D eigenvalue weighted by atomic mass is 10.2. The van der Waals surface area contributed by atoms with Gasteiger partial charge in [0.1, 0.15) is 11.5 Å². The Balaban J connectivity index is 1.58. The summed E-state index contributed by atoms with van der Waals surface area (Å²) in [6, 6.07) is 11.5. The van der Waals surface area contributed by atoms with Gasteiger partial charge in [-0.05, 0) is 12.5 Å². The van der Waals surface area contributed by atoms with E-state index in [0.717, 1.165) is 17.7 Å². The summed E-state index contributed by atoms with van der Waals surface area (Å²) in [5, 5.41) is 9.55. The number of aromatic nitrogens is 5. The highest BCUT2D eigenvalue weighted by Crippen LogP contribution is 2.19. The third-order valence-corrected chi connectivity index (χ3v) is 4.57. The number of nitrogens with one attached hydrogen (secondary N) is 2. The van der Waals surface area contributed by atoms with Gasteiger partial charge in [0.15, 0.2) is 0 Å². The van der Waals surface area contributed by atoms with E-state index in [9.17, 15) is 9.59 Å². The zero-order valence-electron chi connectivity index (χ0n) is 16.7. The van der Waals surface area contributed by atoms with Gasteiger partial charge in [0.05, 0.1) is 17.5 Å². The second-order valence-electron chi connectivity index (χ2n) is 6.75. The Morgan fingerprint density at radius 1 is 1.07 bits per heavy atom. The zero-order chi connectivity index (χ0) is 21.1. The van der Waals surface area contributed by atoms with Gasteiger partial charge in [-0.2, -0.15) is 10.1 Å². The lowest BCUT2D eigenvalue weighted by Gasteiger charge is -2.08. The Kier molecular flexibility index (Phi) is 5.25. The number of hydrogen-bond donors (Lipinski definition) is 2. The van der Waals surface area contributed by atoms with Crippen molar-refractivity contribution >= 4 is 23.4 Å². The van der Waals surface area contributed by atoms with Gasteiger partial charge >= 0.3 is 0 Å². The highest BCUT2D eigenvalue weighted by molar-refractivity contribution is 6.10. The van der Waals surface area contributed by atoms with E-state index < -0.39 is 5.91 Å². The normalized spacial score (nSPS) is 10.9. The van der Waals surface area contributed by atoms with E-state index in [1.807, 2.05) is 43.5 Å². The summed E-state index contributed by atoms with van der Waals surface area (Å²) in [4.78, 5) is 34.1. The highest BCUT2D eigenvalue weighted by Gasteiger charge is 2.22. The summed E-state index contributed by atoms with van der Waals surface area (Å²) in [6.07, 6.45) is 5.83. The first-order valence-corrected chi connectivity index (χ1v) is 9.59. The molecule has 3 heterocycles. The summed E-state index contributed by atoms with van der Waals surface area (Å²) < 4.78 is 3.16. The molecule has 3 aromatic heterocycles. The number of carbonyl (C=O) groups is 2. The Bertz CT molecular complexity index is 1210. The fourth-order valence-corrected chi connectivity index (χ4v) is 3.07. The van der Waals surface area contributed by atoms with Crippen molar-refractivity contribution in [3.05, 3.63) is 66.2 Å². The molecule has 2 amide bonds. The molecule has 152 valence electrons. The minimum Gasteiger partial charge on any atom is -0.352 e. The van der Waals surface area contributed by atoms with E-state index in [4.69, 9.17) is 0 Å². The SMILES string of the molecule is CCCNC(=O)c1cnn(C)c1C(=O)Nc1ccn2cc(-c3ccccc3)nc2n1. The van der Waals surface area contributed by atoms with E-state index in [2.05, 4.69) is 25.7 Å². The number of rotatable bonds is 6. The zero-order valence-corrected chi connectivity index (χ0v) is 16.7. The molecule has 0 unspecified atom stereocenters. The second-order valence-corrected chi connectivity index (χ2v) is 6.75. The second kappa shape index (κ2) is 8.16. The van der Waals surface area contributed by atoms with Crippen LogP contribution in [0.2, 0.25) is 0 Å². The van der Waals surface area contributed by atoms with E-state index in [1.54, 1.807) is 23.7 Å². The standard InChI is InChI=1S/C21H21N7O2/c1-3-10-22-19(29)15-12-23-27(2)18(15)20(30)25-17-9-11-28-13-16(24-21(28)26-17)14-7-5-4-6-8-14/h4-9,11-13H,3,10H2,1-2H3,(H,22,29)(H,24,25,26,30).